The average molecular weight is 511 g/mol. The fourth-order valence-corrected chi connectivity index (χ4v) is 3.32. The smallest absolute Gasteiger partial charge is 0.434 e. The van der Waals surface area contributed by atoms with Crippen LogP contribution in [-0.2, 0) is 6.18 Å². The van der Waals surface area contributed by atoms with Crippen LogP contribution in [0.25, 0.3) is 16.9 Å². The van der Waals surface area contributed by atoms with Gasteiger partial charge in [-0.3, -0.25) is 4.79 Å². The van der Waals surface area contributed by atoms with Gasteiger partial charge < -0.3 is 16.2 Å². The highest BCUT2D eigenvalue weighted by molar-refractivity contribution is 6.34. The van der Waals surface area contributed by atoms with Crippen LogP contribution in [0.4, 0.5) is 27.8 Å². The van der Waals surface area contributed by atoms with E-state index in [1.54, 1.807) is 0 Å². The third kappa shape index (κ3) is 4.45. The molecule has 14 heteroatoms. The molecule has 180 valence electrons. The van der Waals surface area contributed by atoms with Crippen LogP contribution in [0.3, 0.4) is 0 Å². The van der Waals surface area contributed by atoms with Gasteiger partial charge >= 0.3 is 6.18 Å². The number of halogens is 6. The first-order valence-corrected chi connectivity index (χ1v) is 9.85. The zero-order valence-corrected chi connectivity index (χ0v) is 17.9. The minimum atomic E-state index is -5.16. The number of nitrogens with two attached hydrogens (primary N) is 2. The molecule has 4 rings (SSSR count). The van der Waals surface area contributed by atoms with E-state index in [2.05, 4.69) is 15.1 Å². The molecular weight excluding hydrogens is 499 g/mol. The van der Waals surface area contributed by atoms with Crippen molar-refractivity contribution in [1.82, 2.24) is 19.7 Å². The van der Waals surface area contributed by atoms with E-state index in [9.17, 15) is 26.7 Å². The predicted octanol–water partition coefficient (Wildman–Crippen LogP) is 4.75. The van der Waals surface area contributed by atoms with E-state index in [4.69, 9.17) is 27.8 Å². The topological polar surface area (TPSA) is 122 Å². The number of nitrogen functional groups attached to an aromatic ring is 1. The third-order valence-corrected chi connectivity index (χ3v) is 5.03. The Morgan fingerprint density at radius 1 is 1.06 bits per heavy atom. The van der Waals surface area contributed by atoms with Crippen LogP contribution in [-0.4, -0.2) is 25.7 Å². The van der Waals surface area contributed by atoms with Gasteiger partial charge in [-0.15, -0.1) is 0 Å². The minimum absolute atomic E-state index is 0.127. The molecule has 1 amide bonds. The molecule has 2 aromatic carbocycles. The Morgan fingerprint density at radius 3 is 2.40 bits per heavy atom. The highest BCUT2D eigenvalue weighted by Gasteiger charge is 2.43. The van der Waals surface area contributed by atoms with Crippen LogP contribution in [0.2, 0.25) is 5.02 Å². The largest absolute Gasteiger partial charge is 0.434 e. The number of amides is 1. The summed E-state index contributed by atoms with van der Waals surface area (Å²) in [5.74, 6) is -4.43. The lowest BCUT2D eigenvalue weighted by atomic mass is 10.0. The molecule has 2 heterocycles. The van der Waals surface area contributed by atoms with Crippen molar-refractivity contribution in [2.24, 2.45) is 5.73 Å². The molecule has 4 aromatic rings. The lowest BCUT2D eigenvalue weighted by Crippen LogP contribution is -2.21. The minimum Gasteiger partial charge on any atom is -0.434 e. The Labute approximate surface area is 197 Å². The Balaban J connectivity index is 1.87. The number of alkyl halides is 3. The van der Waals surface area contributed by atoms with E-state index < -0.39 is 52.1 Å². The van der Waals surface area contributed by atoms with E-state index >= 15 is 0 Å². The quantitative estimate of drug-likeness (QED) is 0.374. The molecule has 4 N–H and O–H groups in total. The molecular formula is C21H12ClF5N6O2. The Morgan fingerprint density at radius 2 is 1.77 bits per heavy atom. The lowest BCUT2D eigenvalue weighted by molar-refractivity contribution is -0.143. The van der Waals surface area contributed by atoms with Gasteiger partial charge in [0.25, 0.3) is 5.91 Å². The van der Waals surface area contributed by atoms with Gasteiger partial charge in [-0.1, -0.05) is 23.7 Å². The lowest BCUT2D eigenvalue weighted by Gasteiger charge is -2.12. The summed E-state index contributed by atoms with van der Waals surface area (Å²) in [6, 6.07) is 7.40. The maximum Gasteiger partial charge on any atom is 0.434 e. The molecule has 0 saturated heterocycles. The number of benzene rings is 2. The van der Waals surface area contributed by atoms with Gasteiger partial charge in [0.05, 0.1) is 5.56 Å². The third-order valence-electron chi connectivity index (χ3n) is 4.68. The van der Waals surface area contributed by atoms with Crippen LogP contribution >= 0.6 is 11.6 Å². The number of primary amides is 1. The number of nitrogens with zero attached hydrogens (tertiary/aromatic N) is 4. The van der Waals surface area contributed by atoms with Crippen molar-refractivity contribution in [2.75, 3.05) is 5.73 Å². The monoisotopic (exact) mass is 510 g/mol. The van der Waals surface area contributed by atoms with Crippen molar-refractivity contribution < 1.29 is 31.5 Å². The Kier molecular flexibility index (Phi) is 6.03. The molecule has 0 unspecified atom stereocenters. The maximum atomic E-state index is 14.8. The zero-order valence-electron chi connectivity index (χ0n) is 17.1. The number of aromatic nitrogens is 4. The Hall–Kier alpha value is -4.26. The molecule has 0 aliphatic rings. The van der Waals surface area contributed by atoms with Gasteiger partial charge in [-0.25, -0.2) is 18.4 Å². The van der Waals surface area contributed by atoms with Gasteiger partial charge in [-0.2, -0.15) is 23.3 Å². The van der Waals surface area contributed by atoms with Gasteiger partial charge in [0.1, 0.15) is 34.4 Å². The standard InChI is InChI=1S/C21H12ClF5N6O2/c22-15-18(28)30-8-31-20(15)35-13-6-5-9(7-11(13)24)16-14(19(29)34)17(21(25,26)27)33(32-16)12-4-2-1-3-10(12)23/h1-8H,(H2,29,34)(H2,28,30,31). The molecule has 35 heavy (non-hydrogen) atoms. The highest BCUT2D eigenvalue weighted by atomic mass is 35.5. The second-order valence-corrected chi connectivity index (χ2v) is 7.30. The number of carbonyl (C=O) groups is 1. The molecule has 0 saturated carbocycles. The summed E-state index contributed by atoms with van der Waals surface area (Å²) >= 11 is 5.91. The molecule has 0 spiro atoms. The molecule has 0 bridgehead atoms. The first-order chi connectivity index (χ1) is 16.5. The van der Waals surface area contributed by atoms with E-state index in [-0.39, 0.29) is 27.0 Å². The summed E-state index contributed by atoms with van der Waals surface area (Å²) < 4.78 is 76.5. The summed E-state index contributed by atoms with van der Waals surface area (Å²) in [5, 5.41) is 3.58. The van der Waals surface area contributed by atoms with Crippen molar-refractivity contribution >= 4 is 23.3 Å². The summed E-state index contributed by atoms with van der Waals surface area (Å²) in [6.45, 7) is 0. The number of carbonyl (C=O) groups excluding carboxylic acids is 1. The van der Waals surface area contributed by atoms with Crippen LogP contribution in [0.5, 0.6) is 11.6 Å². The number of para-hydroxylation sites is 1. The number of ether oxygens (including phenoxy) is 1. The SMILES string of the molecule is NC(=O)c1c(-c2ccc(Oc3ncnc(N)c3Cl)c(F)c2)nn(-c2ccccc2F)c1C(F)(F)F. The molecule has 8 nitrogen and oxygen atoms in total. The summed E-state index contributed by atoms with van der Waals surface area (Å²) in [7, 11) is 0. The molecule has 0 radical (unpaired) electrons. The maximum absolute atomic E-state index is 14.8. The number of hydrogen-bond donors (Lipinski definition) is 2. The zero-order chi connectivity index (χ0) is 25.5. The van der Waals surface area contributed by atoms with E-state index in [1.807, 2.05) is 0 Å². The fourth-order valence-electron chi connectivity index (χ4n) is 3.19. The first-order valence-electron chi connectivity index (χ1n) is 9.47. The van der Waals surface area contributed by atoms with Gasteiger partial charge in [0.2, 0.25) is 5.88 Å². The van der Waals surface area contributed by atoms with E-state index in [1.165, 1.54) is 12.1 Å². The molecule has 2 aromatic heterocycles. The summed E-state index contributed by atoms with van der Waals surface area (Å²) in [6.07, 6.45) is -4.14. The number of hydrogen-bond acceptors (Lipinski definition) is 6. The van der Waals surface area contributed by atoms with Crippen molar-refractivity contribution in [1.29, 1.82) is 0 Å². The van der Waals surface area contributed by atoms with E-state index in [0.29, 0.717) is 0 Å². The predicted molar refractivity (Wildman–Crippen MR) is 114 cm³/mol. The first kappa shape index (κ1) is 23.9. The molecule has 0 fully saturated rings. The van der Waals surface area contributed by atoms with Crippen molar-refractivity contribution in [3.8, 4) is 28.6 Å². The normalized spacial score (nSPS) is 11.5. The molecule has 0 aliphatic heterocycles. The number of anilines is 1. The number of rotatable bonds is 5. The summed E-state index contributed by atoms with van der Waals surface area (Å²) in [5.41, 5.74) is 6.61. The average Bonchev–Trinajstić information content (AvgIpc) is 3.20. The highest BCUT2D eigenvalue weighted by Crippen LogP contribution is 2.40. The van der Waals surface area contributed by atoms with Crippen molar-refractivity contribution in [2.45, 2.75) is 6.18 Å². The Bertz CT molecular complexity index is 1460. The van der Waals surface area contributed by atoms with Crippen LogP contribution in [0, 0.1) is 11.6 Å². The molecule has 0 atom stereocenters. The van der Waals surface area contributed by atoms with Crippen LogP contribution in [0.15, 0.2) is 48.8 Å². The van der Waals surface area contributed by atoms with Crippen LogP contribution in [0.1, 0.15) is 16.1 Å². The van der Waals surface area contributed by atoms with Crippen molar-refractivity contribution in [3.05, 3.63) is 76.7 Å². The van der Waals surface area contributed by atoms with Crippen LogP contribution < -0.4 is 16.2 Å². The van der Waals surface area contributed by atoms with Gasteiger partial charge in [-0.05, 0) is 30.3 Å². The van der Waals surface area contributed by atoms with Gasteiger partial charge in [0, 0.05) is 5.56 Å². The second kappa shape index (κ2) is 8.83. The summed E-state index contributed by atoms with van der Waals surface area (Å²) in [4.78, 5) is 19.4. The van der Waals surface area contributed by atoms with Gasteiger partial charge in [0.15, 0.2) is 17.3 Å². The second-order valence-electron chi connectivity index (χ2n) is 6.92. The fraction of sp³-hybridized carbons (Fsp3) is 0.0476. The van der Waals surface area contributed by atoms with Crippen molar-refractivity contribution in [3.63, 3.8) is 0 Å². The van der Waals surface area contributed by atoms with E-state index in [0.717, 1.165) is 36.7 Å². The molecule has 0 aliphatic carbocycles.